The molecule has 1 rings (SSSR count). The smallest absolute Gasteiger partial charge is 0.0725 e. The summed E-state index contributed by atoms with van der Waals surface area (Å²) < 4.78 is 2.04. The summed E-state index contributed by atoms with van der Waals surface area (Å²) in [6, 6.07) is 0. The van der Waals surface area contributed by atoms with Gasteiger partial charge >= 0.3 is 0 Å². The van der Waals surface area contributed by atoms with Gasteiger partial charge in [-0.05, 0) is 12.8 Å². The number of aromatic nitrogens is 3. The second-order valence-electron chi connectivity index (χ2n) is 4.78. The van der Waals surface area contributed by atoms with Crippen LogP contribution in [0.2, 0.25) is 0 Å². The molecule has 0 unspecified atom stereocenters. The van der Waals surface area contributed by atoms with Gasteiger partial charge in [0.05, 0.1) is 11.9 Å². The molecule has 0 radical (unpaired) electrons. The van der Waals surface area contributed by atoms with Crippen LogP contribution in [0.1, 0.15) is 106 Å². The topological polar surface area (TPSA) is 30.7 Å². The molecule has 0 aliphatic rings. The number of hydrogen-bond acceptors (Lipinski definition) is 2. The third kappa shape index (κ3) is 17.2. The van der Waals surface area contributed by atoms with Crippen molar-refractivity contribution in [3.63, 3.8) is 0 Å². The Bertz CT molecular complexity index is 269. The van der Waals surface area contributed by atoms with Crippen molar-refractivity contribution in [1.29, 1.82) is 0 Å². The van der Waals surface area contributed by atoms with Crippen LogP contribution >= 0.6 is 0 Å². The van der Waals surface area contributed by atoms with Gasteiger partial charge in [-0.2, -0.15) is 0 Å². The maximum absolute atomic E-state index is 4.09. The fourth-order valence-electron chi connectivity index (χ4n) is 1.78. The van der Waals surface area contributed by atoms with E-state index in [9.17, 15) is 0 Å². The summed E-state index contributed by atoms with van der Waals surface area (Å²) >= 11 is 0. The van der Waals surface area contributed by atoms with Crippen molar-refractivity contribution in [2.45, 2.75) is 113 Å². The minimum atomic E-state index is 1.03. The van der Waals surface area contributed by atoms with Crippen LogP contribution in [0.5, 0.6) is 0 Å². The Morgan fingerprint density at radius 1 is 0.818 bits per heavy atom. The molecule has 0 bridgehead atoms. The maximum atomic E-state index is 4.09. The summed E-state index contributed by atoms with van der Waals surface area (Å²) in [5.74, 6) is 0. The normalized spacial score (nSPS) is 8.73. The fourth-order valence-corrected chi connectivity index (χ4v) is 1.78. The lowest BCUT2D eigenvalue weighted by atomic mass is 10.1. The Balaban J connectivity index is -0.000000446. The Morgan fingerprint density at radius 3 is 1.82 bits per heavy atom. The number of rotatable bonds is 8. The molecule has 3 nitrogen and oxygen atoms in total. The van der Waals surface area contributed by atoms with Crippen LogP contribution in [0, 0.1) is 0 Å². The van der Waals surface area contributed by atoms with Gasteiger partial charge in [0.15, 0.2) is 0 Å². The van der Waals surface area contributed by atoms with E-state index in [4.69, 9.17) is 0 Å². The first-order chi connectivity index (χ1) is 10.8. The first-order valence-corrected chi connectivity index (χ1v) is 9.67. The molecular formula is C19H43N3. The average Bonchev–Trinajstić information content (AvgIpc) is 3.03. The highest BCUT2D eigenvalue weighted by Crippen LogP contribution is 2.07. The zero-order valence-electron chi connectivity index (χ0n) is 16.8. The number of hydrogen-bond donors (Lipinski definition) is 0. The van der Waals surface area contributed by atoms with E-state index in [1.807, 2.05) is 38.6 Å². The second kappa shape index (κ2) is 25.1. The molecule has 3 heteroatoms. The number of unbranched alkanes of at least 4 members (excludes halogenated alkanes) is 5. The summed E-state index contributed by atoms with van der Waals surface area (Å²) in [5.41, 5.74) is 1.25. The summed E-state index contributed by atoms with van der Waals surface area (Å²) in [5, 5.41) is 8.02. The van der Waals surface area contributed by atoms with Crippen LogP contribution in [-0.2, 0) is 13.0 Å². The summed E-state index contributed by atoms with van der Waals surface area (Å²) in [7, 11) is 0. The Kier molecular flexibility index (Phi) is 29.7. The standard InChI is InChI=1S/C12H23N3.C3H8.2C2H6/c1-3-5-6-7-8-9-10-15-12(4-2)11-13-14-15;1-3-2;2*1-2/h11H,3-10H2,1-2H3;3H2,1-2H3;2*1-2H3. The van der Waals surface area contributed by atoms with Gasteiger partial charge in [0.1, 0.15) is 0 Å². The van der Waals surface area contributed by atoms with E-state index in [0.717, 1.165) is 13.0 Å². The van der Waals surface area contributed by atoms with E-state index in [1.165, 1.54) is 50.6 Å². The van der Waals surface area contributed by atoms with Crippen molar-refractivity contribution in [1.82, 2.24) is 15.0 Å². The van der Waals surface area contributed by atoms with Crippen molar-refractivity contribution >= 4 is 0 Å². The highest BCUT2D eigenvalue weighted by Gasteiger charge is 2.00. The van der Waals surface area contributed by atoms with Crippen LogP contribution in [0.4, 0.5) is 0 Å². The molecule has 22 heavy (non-hydrogen) atoms. The van der Waals surface area contributed by atoms with Gasteiger partial charge in [-0.1, -0.05) is 99.1 Å². The maximum Gasteiger partial charge on any atom is 0.0725 e. The van der Waals surface area contributed by atoms with Gasteiger partial charge in [0, 0.05) is 6.54 Å². The minimum absolute atomic E-state index is 1.03. The van der Waals surface area contributed by atoms with Crippen molar-refractivity contribution in [3.05, 3.63) is 11.9 Å². The average molecular weight is 314 g/mol. The van der Waals surface area contributed by atoms with Gasteiger partial charge < -0.3 is 0 Å². The fraction of sp³-hybridized carbons (Fsp3) is 0.895. The largest absolute Gasteiger partial charge is 0.249 e. The zero-order chi connectivity index (χ0) is 17.6. The lowest BCUT2D eigenvalue weighted by Gasteiger charge is -2.04. The van der Waals surface area contributed by atoms with E-state index >= 15 is 0 Å². The molecule has 0 fully saturated rings. The third-order valence-electron chi connectivity index (χ3n) is 2.78. The van der Waals surface area contributed by atoms with Gasteiger partial charge in [-0.25, -0.2) is 4.68 Å². The highest BCUT2D eigenvalue weighted by atomic mass is 15.4. The first kappa shape index (κ1) is 26.1. The lowest BCUT2D eigenvalue weighted by Crippen LogP contribution is -2.04. The molecule has 0 amide bonds. The van der Waals surface area contributed by atoms with E-state index in [0.29, 0.717) is 0 Å². The summed E-state index contributed by atoms with van der Waals surface area (Å²) in [4.78, 5) is 0. The van der Waals surface area contributed by atoms with Crippen molar-refractivity contribution in [3.8, 4) is 0 Å². The Labute approximate surface area is 140 Å². The molecule has 0 aliphatic heterocycles. The van der Waals surface area contributed by atoms with E-state index in [-0.39, 0.29) is 0 Å². The van der Waals surface area contributed by atoms with Gasteiger partial charge in [0.25, 0.3) is 0 Å². The minimum Gasteiger partial charge on any atom is -0.249 e. The SMILES string of the molecule is CC.CC.CCC.CCCCCCCCn1nncc1CC. The molecule has 0 spiro atoms. The van der Waals surface area contributed by atoms with Crippen molar-refractivity contribution < 1.29 is 0 Å². The second-order valence-corrected chi connectivity index (χ2v) is 4.78. The van der Waals surface area contributed by atoms with Crippen molar-refractivity contribution in [2.75, 3.05) is 0 Å². The van der Waals surface area contributed by atoms with Crippen molar-refractivity contribution in [2.24, 2.45) is 0 Å². The number of nitrogens with zero attached hydrogens (tertiary/aromatic N) is 3. The molecule has 0 saturated carbocycles. The molecule has 1 aromatic rings. The van der Waals surface area contributed by atoms with Crippen LogP contribution < -0.4 is 0 Å². The quantitative estimate of drug-likeness (QED) is 0.502. The molecule has 0 N–H and O–H groups in total. The predicted octanol–water partition coefficient (Wildman–Crippen LogP) is 6.67. The Hall–Kier alpha value is -0.860. The zero-order valence-corrected chi connectivity index (χ0v) is 16.8. The molecule has 0 atom stereocenters. The Morgan fingerprint density at radius 2 is 1.32 bits per heavy atom. The molecule has 0 saturated heterocycles. The third-order valence-corrected chi connectivity index (χ3v) is 2.78. The van der Waals surface area contributed by atoms with Gasteiger partial charge in [0.2, 0.25) is 0 Å². The van der Waals surface area contributed by atoms with Crippen LogP contribution in [0.3, 0.4) is 0 Å². The highest BCUT2D eigenvalue weighted by molar-refractivity contribution is 4.92. The monoisotopic (exact) mass is 313 g/mol. The lowest BCUT2D eigenvalue weighted by molar-refractivity contribution is 0.504. The van der Waals surface area contributed by atoms with E-state index in [1.54, 1.807) is 0 Å². The predicted molar refractivity (Wildman–Crippen MR) is 101 cm³/mol. The van der Waals surface area contributed by atoms with Crippen LogP contribution in [0.15, 0.2) is 6.20 Å². The van der Waals surface area contributed by atoms with Gasteiger partial charge in [-0.3, -0.25) is 0 Å². The molecule has 134 valence electrons. The molecular weight excluding hydrogens is 270 g/mol. The number of aryl methyl sites for hydroxylation is 2. The first-order valence-electron chi connectivity index (χ1n) is 9.67. The van der Waals surface area contributed by atoms with Crippen LogP contribution in [0.25, 0.3) is 0 Å². The molecule has 0 aromatic carbocycles. The summed E-state index contributed by atoms with van der Waals surface area (Å²) in [6.45, 7) is 17.7. The van der Waals surface area contributed by atoms with Gasteiger partial charge in [-0.15, -0.1) is 5.10 Å². The summed E-state index contributed by atoms with van der Waals surface area (Å²) in [6.07, 6.45) is 12.2. The van der Waals surface area contributed by atoms with E-state index < -0.39 is 0 Å². The molecule has 1 aromatic heterocycles. The molecule has 0 aliphatic carbocycles. The molecule has 1 heterocycles. The van der Waals surface area contributed by atoms with E-state index in [2.05, 4.69) is 38.0 Å². The van der Waals surface area contributed by atoms with Crippen LogP contribution in [-0.4, -0.2) is 15.0 Å².